The molecule has 1 N–H and O–H groups in total. The second-order valence-electron chi connectivity index (χ2n) is 6.57. The Bertz CT molecular complexity index is 911. The average Bonchev–Trinajstić information content (AvgIpc) is 3.23. The lowest BCUT2D eigenvalue weighted by atomic mass is 10.2. The van der Waals surface area contributed by atoms with E-state index >= 15 is 0 Å². The predicted octanol–water partition coefficient (Wildman–Crippen LogP) is 3.79. The Morgan fingerprint density at radius 3 is 2.50 bits per heavy atom. The molecule has 8 heteroatoms. The van der Waals surface area contributed by atoms with Crippen LogP contribution in [0.3, 0.4) is 0 Å². The van der Waals surface area contributed by atoms with Crippen LogP contribution in [0.4, 0.5) is 0 Å². The van der Waals surface area contributed by atoms with E-state index in [1.165, 1.54) is 16.4 Å². The number of sulfonamides is 1. The summed E-state index contributed by atoms with van der Waals surface area (Å²) in [5.41, 5.74) is 1.61. The number of benzene rings is 2. The number of amides is 1. The molecule has 2 aromatic carbocycles. The Hall–Kier alpha value is -1.54. The molecular formula is C20H23ClN2O3S2. The molecule has 1 fully saturated rings. The third-order valence-electron chi connectivity index (χ3n) is 4.51. The number of nitrogens with one attached hydrogen (secondary N) is 1. The molecule has 0 aromatic heterocycles. The Labute approximate surface area is 175 Å². The number of carbonyl (C=O) groups is 1. The van der Waals surface area contributed by atoms with Crippen LogP contribution in [0.5, 0.6) is 0 Å². The van der Waals surface area contributed by atoms with Gasteiger partial charge in [-0.1, -0.05) is 23.7 Å². The molecule has 28 heavy (non-hydrogen) atoms. The number of halogens is 1. The molecule has 1 saturated heterocycles. The number of hydrogen-bond donors (Lipinski definition) is 1. The van der Waals surface area contributed by atoms with Gasteiger partial charge in [-0.3, -0.25) is 4.79 Å². The van der Waals surface area contributed by atoms with Gasteiger partial charge < -0.3 is 5.32 Å². The highest BCUT2D eigenvalue weighted by atomic mass is 35.5. The minimum Gasteiger partial charge on any atom is -0.351 e. The van der Waals surface area contributed by atoms with Crippen molar-refractivity contribution in [3.05, 3.63) is 64.7 Å². The molecule has 0 bridgehead atoms. The largest absolute Gasteiger partial charge is 0.351 e. The van der Waals surface area contributed by atoms with Gasteiger partial charge in [0.25, 0.3) is 5.91 Å². The van der Waals surface area contributed by atoms with Crippen LogP contribution in [0.25, 0.3) is 0 Å². The SMILES string of the molecule is O=C(NCCSCc1cccc(Cl)c1)c1ccc(S(=O)(=O)N2CCCC2)cc1. The van der Waals surface area contributed by atoms with E-state index in [9.17, 15) is 13.2 Å². The maximum Gasteiger partial charge on any atom is 0.251 e. The number of thioether (sulfide) groups is 1. The second-order valence-corrected chi connectivity index (χ2v) is 10.1. The van der Waals surface area contributed by atoms with Crippen molar-refractivity contribution in [3.63, 3.8) is 0 Å². The average molecular weight is 439 g/mol. The van der Waals surface area contributed by atoms with Gasteiger partial charge in [-0.15, -0.1) is 0 Å². The predicted molar refractivity (Wildman–Crippen MR) is 114 cm³/mol. The van der Waals surface area contributed by atoms with Gasteiger partial charge in [0.2, 0.25) is 10.0 Å². The van der Waals surface area contributed by atoms with Gasteiger partial charge in [-0.05, 0) is 54.8 Å². The quantitative estimate of drug-likeness (QED) is 0.637. The Kier molecular flexibility index (Phi) is 7.40. The first-order valence-electron chi connectivity index (χ1n) is 9.17. The number of rotatable bonds is 8. The lowest BCUT2D eigenvalue weighted by molar-refractivity contribution is 0.0956. The normalized spacial score (nSPS) is 14.9. The first kappa shape index (κ1) is 21.2. The molecule has 1 aliphatic heterocycles. The molecular weight excluding hydrogens is 416 g/mol. The molecule has 1 aliphatic rings. The summed E-state index contributed by atoms with van der Waals surface area (Å²) in [6, 6.07) is 13.9. The molecule has 0 saturated carbocycles. The minimum absolute atomic E-state index is 0.200. The van der Waals surface area contributed by atoms with Crippen molar-refractivity contribution in [2.45, 2.75) is 23.5 Å². The first-order valence-corrected chi connectivity index (χ1v) is 12.1. The van der Waals surface area contributed by atoms with Crippen LogP contribution in [0.2, 0.25) is 5.02 Å². The van der Waals surface area contributed by atoms with Crippen LogP contribution in [0.15, 0.2) is 53.4 Å². The minimum atomic E-state index is -3.45. The summed E-state index contributed by atoms with van der Waals surface area (Å²) in [6.07, 6.45) is 1.80. The maximum atomic E-state index is 12.5. The van der Waals surface area contributed by atoms with Crippen molar-refractivity contribution in [3.8, 4) is 0 Å². The van der Waals surface area contributed by atoms with Gasteiger partial charge in [-0.2, -0.15) is 16.1 Å². The lowest BCUT2D eigenvalue weighted by Crippen LogP contribution is -2.28. The third-order valence-corrected chi connectivity index (χ3v) is 7.69. The summed E-state index contributed by atoms with van der Waals surface area (Å²) >= 11 is 7.68. The molecule has 0 spiro atoms. The van der Waals surface area contributed by atoms with E-state index in [4.69, 9.17) is 11.6 Å². The molecule has 0 radical (unpaired) electrons. The summed E-state index contributed by atoms with van der Waals surface area (Å²) in [4.78, 5) is 12.5. The van der Waals surface area contributed by atoms with Crippen LogP contribution in [-0.2, 0) is 15.8 Å². The molecule has 0 atom stereocenters. The fourth-order valence-corrected chi connectivity index (χ4v) is 5.55. The Morgan fingerprint density at radius 2 is 1.82 bits per heavy atom. The highest BCUT2D eigenvalue weighted by Crippen LogP contribution is 2.21. The van der Waals surface area contributed by atoms with E-state index in [1.807, 2.05) is 24.3 Å². The zero-order valence-corrected chi connectivity index (χ0v) is 17.8. The second kappa shape index (κ2) is 9.78. The summed E-state index contributed by atoms with van der Waals surface area (Å²) < 4.78 is 26.5. The van der Waals surface area contributed by atoms with E-state index < -0.39 is 10.0 Å². The zero-order valence-electron chi connectivity index (χ0n) is 15.4. The topological polar surface area (TPSA) is 66.5 Å². The molecule has 0 unspecified atom stereocenters. The van der Waals surface area contributed by atoms with Gasteiger partial charge in [0.1, 0.15) is 0 Å². The molecule has 5 nitrogen and oxygen atoms in total. The van der Waals surface area contributed by atoms with Gasteiger partial charge in [0.05, 0.1) is 4.90 Å². The van der Waals surface area contributed by atoms with Crippen molar-refractivity contribution in [2.24, 2.45) is 0 Å². The van der Waals surface area contributed by atoms with Gasteiger partial charge >= 0.3 is 0 Å². The van der Waals surface area contributed by atoms with Crippen molar-refractivity contribution in [1.29, 1.82) is 0 Å². The summed E-state index contributed by atoms with van der Waals surface area (Å²) in [5.74, 6) is 1.41. The van der Waals surface area contributed by atoms with Crippen LogP contribution in [-0.4, -0.2) is 44.0 Å². The summed E-state index contributed by atoms with van der Waals surface area (Å²) in [5, 5.41) is 3.59. The monoisotopic (exact) mass is 438 g/mol. The van der Waals surface area contributed by atoms with E-state index in [1.54, 1.807) is 23.9 Å². The number of hydrogen-bond acceptors (Lipinski definition) is 4. The van der Waals surface area contributed by atoms with Gasteiger partial charge in [0.15, 0.2) is 0 Å². The maximum absolute atomic E-state index is 12.5. The van der Waals surface area contributed by atoms with E-state index in [2.05, 4.69) is 5.32 Å². The first-order chi connectivity index (χ1) is 13.5. The third kappa shape index (κ3) is 5.50. The fraction of sp³-hybridized carbons (Fsp3) is 0.350. The zero-order chi connectivity index (χ0) is 20.0. The van der Waals surface area contributed by atoms with Crippen LogP contribution in [0.1, 0.15) is 28.8 Å². The molecule has 0 aliphatic carbocycles. The molecule has 2 aromatic rings. The van der Waals surface area contributed by atoms with E-state index in [0.717, 1.165) is 34.9 Å². The number of carbonyl (C=O) groups excluding carboxylic acids is 1. The van der Waals surface area contributed by atoms with E-state index in [0.29, 0.717) is 25.2 Å². The number of nitrogens with zero attached hydrogens (tertiary/aromatic N) is 1. The highest BCUT2D eigenvalue weighted by molar-refractivity contribution is 7.98. The van der Waals surface area contributed by atoms with Gasteiger partial charge in [-0.25, -0.2) is 8.42 Å². The Morgan fingerprint density at radius 1 is 1.11 bits per heavy atom. The van der Waals surface area contributed by atoms with Crippen LogP contribution in [0, 0.1) is 0 Å². The van der Waals surface area contributed by atoms with Crippen LogP contribution >= 0.6 is 23.4 Å². The van der Waals surface area contributed by atoms with Crippen LogP contribution < -0.4 is 5.32 Å². The van der Waals surface area contributed by atoms with Crippen molar-refractivity contribution >= 4 is 39.3 Å². The summed E-state index contributed by atoms with van der Waals surface area (Å²) in [7, 11) is -3.45. The molecule has 1 heterocycles. The Balaban J connectivity index is 1.45. The van der Waals surface area contributed by atoms with Gasteiger partial charge in [0, 0.05) is 41.7 Å². The van der Waals surface area contributed by atoms with Crippen molar-refractivity contribution in [2.75, 3.05) is 25.4 Å². The van der Waals surface area contributed by atoms with Crippen molar-refractivity contribution in [1.82, 2.24) is 9.62 Å². The molecule has 1 amide bonds. The highest BCUT2D eigenvalue weighted by Gasteiger charge is 2.27. The van der Waals surface area contributed by atoms with E-state index in [-0.39, 0.29) is 10.8 Å². The smallest absolute Gasteiger partial charge is 0.251 e. The summed E-state index contributed by atoms with van der Waals surface area (Å²) in [6.45, 7) is 1.67. The standard InChI is InChI=1S/C20H23ClN2O3S2/c21-18-5-3-4-16(14-18)15-27-13-10-22-20(24)17-6-8-19(9-7-17)28(25,26)23-11-1-2-12-23/h3-9,14H,1-2,10-13,15H2,(H,22,24). The van der Waals surface area contributed by atoms with Crippen molar-refractivity contribution < 1.29 is 13.2 Å². The fourth-order valence-electron chi connectivity index (χ4n) is 3.01. The molecule has 150 valence electrons. The lowest BCUT2D eigenvalue weighted by Gasteiger charge is -2.15. The molecule has 3 rings (SSSR count).